The van der Waals surface area contributed by atoms with E-state index in [1.54, 1.807) is 0 Å². The summed E-state index contributed by atoms with van der Waals surface area (Å²) < 4.78 is 5.04. The van der Waals surface area contributed by atoms with Gasteiger partial charge in [0.15, 0.2) is 0 Å². The summed E-state index contributed by atoms with van der Waals surface area (Å²) in [5.41, 5.74) is 0. The second-order valence-corrected chi connectivity index (χ2v) is 3.79. The van der Waals surface area contributed by atoms with Gasteiger partial charge in [-0.2, -0.15) is 0 Å². The van der Waals surface area contributed by atoms with E-state index in [9.17, 15) is 4.79 Å². The quantitative estimate of drug-likeness (QED) is 0.514. The Balaban J connectivity index is 2.50. The highest BCUT2D eigenvalue weighted by Crippen LogP contribution is 2.15. The molecule has 1 aliphatic rings. The third-order valence-electron chi connectivity index (χ3n) is 2.54. The molecule has 2 nitrogen and oxygen atoms in total. The van der Waals surface area contributed by atoms with Crippen molar-refractivity contribution in [1.29, 1.82) is 0 Å². The molecule has 2 heteroatoms. The number of ether oxygens (including phenoxy) is 1. The Bertz CT molecular complexity index is 225. The van der Waals surface area contributed by atoms with Crippen molar-refractivity contribution in [3.05, 3.63) is 24.3 Å². The van der Waals surface area contributed by atoms with E-state index in [4.69, 9.17) is 4.74 Å². The average Bonchev–Trinajstić information content (AvgIpc) is 2.26. The van der Waals surface area contributed by atoms with Crippen LogP contribution in [0.15, 0.2) is 24.3 Å². The fourth-order valence-corrected chi connectivity index (χ4v) is 1.66. The van der Waals surface area contributed by atoms with E-state index in [1.807, 2.05) is 6.92 Å². The Morgan fingerprint density at radius 1 is 1.20 bits per heavy atom. The molecular weight excluding hydrogens is 188 g/mol. The minimum Gasteiger partial charge on any atom is -0.466 e. The summed E-state index contributed by atoms with van der Waals surface area (Å²) in [4.78, 5) is 11.6. The zero-order valence-electron chi connectivity index (χ0n) is 9.45. The molecule has 0 bridgehead atoms. The van der Waals surface area contributed by atoms with Crippen LogP contribution in [0.4, 0.5) is 0 Å². The first-order chi connectivity index (χ1) is 7.34. The van der Waals surface area contributed by atoms with Crippen LogP contribution in [0.3, 0.4) is 0 Å². The molecule has 0 amide bonds. The molecule has 0 aliphatic heterocycles. The van der Waals surface area contributed by atoms with Crippen LogP contribution >= 0.6 is 0 Å². The van der Waals surface area contributed by atoms with Gasteiger partial charge < -0.3 is 4.74 Å². The number of carbonyl (C=O) groups is 1. The molecule has 1 rings (SSSR count). The van der Waals surface area contributed by atoms with Crippen molar-refractivity contribution in [2.45, 2.75) is 39.0 Å². The number of hydrogen-bond donors (Lipinski definition) is 0. The Labute approximate surface area is 92.0 Å². The first kappa shape index (κ1) is 12.0. The van der Waals surface area contributed by atoms with E-state index >= 15 is 0 Å². The highest BCUT2D eigenvalue weighted by molar-refractivity contribution is 5.72. The van der Waals surface area contributed by atoms with Crippen molar-refractivity contribution in [2.75, 3.05) is 6.61 Å². The van der Waals surface area contributed by atoms with E-state index in [0.29, 0.717) is 6.61 Å². The van der Waals surface area contributed by atoms with Crippen molar-refractivity contribution in [1.82, 2.24) is 0 Å². The van der Waals surface area contributed by atoms with E-state index in [2.05, 4.69) is 24.3 Å². The predicted octanol–water partition coefficient (Wildman–Crippen LogP) is 3.24. The van der Waals surface area contributed by atoms with Crippen LogP contribution in [0.25, 0.3) is 0 Å². The van der Waals surface area contributed by atoms with Crippen molar-refractivity contribution in [2.24, 2.45) is 5.92 Å². The van der Waals surface area contributed by atoms with Gasteiger partial charge in [-0.25, -0.2) is 0 Å². The first-order valence-electron chi connectivity index (χ1n) is 5.81. The number of hydrogen-bond acceptors (Lipinski definition) is 2. The van der Waals surface area contributed by atoms with Crippen LogP contribution in [0.2, 0.25) is 0 Å². The molecule has 15 heavy (non-hydrogen) atoms. The van der Waals surface area contributed by atoms with Gasteiger partial charge in [-0.15, -0.1) is 0 Å². The molecule has 0 radical (unpaired) electrons. The summed E-state index contributed by atoms with van der Waals surface area (Å²) in [6.45, 7) is 2.33. The summed E-state index contributed by atoms with van der Waals surface area (Å²) in [6, 6.07) is 0. The maximum absolute atomic E-state index is 11.6. The normalized spacial score (nSPS) is 23.0. The van der Waals surface area contributed by atoms with Crippen LogP contribution in [-0.2, 0) is 9.53 Å². The number of allylic oxidation sites excluding steroid dienone is 4. The second kappa shape index (κ2) is 7.27. The number of carbonyl (C=O) groups excluding carboxylic acids is 1. The molecule has 0 fully saturated rings. The topological polar surface area (TPSA) is 26.3 Å². The molecular formula is C13H20O2. The van der Waals surface area contributed by atoms with Gasteiger partial charge in [0.25, 0.3) is 0 Å². The summed E-state index contributed by atoms with van der Waals surface area (Å²) in [5.74, 6) is -0.0528. The molecule has 84 valence electrons. The maximum Gasteiger partial charge on any atom is 0.309 e. The summed E-state index contributed by atoms with van der Waals surface area (Å²) in [6.07, 6.45) is 13.6. The lowest BCUT2D eigenvalue weighted by Crippen LogP contribution is -2.16. The minimum atomic E-state index is -0.0626. The second-order valence-electron chi connectivity index (χ2n) is 3.79. The average molecular weight is 208 g/mol. The molecule has 0 saturated carbocycles. The van der Waals surface area contributed by atoms with E-state index in [1.165, 1.54) is 6.42 Å². The maximum atomic E-state index is 11.6. The molecule has 1 aliphatic carbocycles. The molecule has 0 saturated heterocycles. The summed E-state index contributed by atoms with van der Waals surface area (Å²) in [7, 11) is 0. The van der Waals surface area contributed by atoms with Crippen molar-refractivity contribution in [3.63, 3.8) is 0 Å². The van der Waals surface area contributed by atoms with Gasteiger partial charge in [-0.05, 0) is 39.0 Å². The van der Waals surface area contributed by atoms with Crippen molar-refractivity contribution < 1.29 is 9.53 Å². The highest BCUT2D eigenvalue weighted by atomic mass is 16.5. The monoisotopic (exact) mass is 208 g/mol. The van der Waals surface area contributed by atoms with Crippen LogP contribution in [0, 0.1) is 5.92 Å². The molecule has 0 atom stereocenters. The third kappa shape index (κ3) is 4.82. The standard InChI is InChI=1S/C13H20O2/c1-2-15-13(14)12-10-8-6-4-3-5-7-9-11-12/h6-9,12H,2-5,10-11H2,1H3/b8-6+,9-7+. The zero-order chi connectivity index (χ0) is 10.9. The van der Waals surface area contributed by atoms with E-state index in [0.717, 1.165) is 25.7 Å². The smallest absolute Gasteiger partial charge is 0.309 e. The largest absolute Gasteiger partial charge is 0.466 e. The van der Waals surface area contributed by atoms with Gasteiger partial charge in [-0.3, -0.25) is 4.79 Å². The number of esters is 1. The van der Waals surface area contributed by atoms with Gasteiger partial charge in [-0.1, -0.05) is 24.3 Å². The predicted molar refractivity (Wildman–Crippen MR) is 61.5 cm³/mol. The van der Waals surface area contributed by atoms with Crippen LogP contribution in [-0.4, -0.2) is 12.6 Å². The lowest BCUT2D eigenvalue weighted by molar-refractivity contribution is -0.147. The molecule has 0 N–H and O–H groups in total. The Morgan fingerprint density at radius 3 is 2.33 bits per heavy atom. The molecule has 0 unspecified atom stereocenters. The zero-order valence-corrected chi connectivity index (χ0v) is 9.45. The fourth-order valence-electron chi connectivity index (χ4n) is 1.66. The Morgan fingerprint density at radius 2 is 1.80 bits per heavy atom. The van der Waals surface area contributed by atoms with Crippen molar-refractivity contribution >= 4 is 5.97 Å². The van der Waals surface area contributed by atoms with Gasteiger partial charge >= 0.3 is 5.97 Å². The summed E-state index contributed by atoms with van der Waals surface area (Å²) in [5, 5.41) is 0. The highest BCUT2D eigenvalue weighted by Gasteiger charge is 2.16. The fraction of sp³-hybridized carbons (Fsp3) is 0.615. The van der Waals surface area contributed by atoms with Crippen molar-refractivity contribution in [3.8, 4) is 0 Å². The van der Waals surface area contributed by atoms with Gasteiger partial charge in [0.1, 0.15) is 0 Å². The minimum absolute atomic E-state index is 0.00977. The van der Waals surface area contributed by atoms with E-state index < -0.39 is 0 Å². The lowest BCUT2D eigenvalue weighted by Gasteiger charge is -2.12. The molecule has 0 aromatic rings. The van der Waals surface area contributed by atoms with Gasteiger partial charge in [0, 0.05) is 0 Å². The lowest BCUT2D eigenvalue weighted by atomic mass is 9.99. The van der Waals surface area contributed by atoms with Crippen LogP contribution in [0.5, 0.6) is 0 Å². The van der Waals surface area contributed by atoms with Crippen LogP contribution < -0.4 is 0 Å². The molecule has 0 heterocycles. The molecule has 0 aromatic heterocycles. The first-order valence-corrected chi connectivity index (χ1v) is 5.81. The molecule has 0 aromatic carbocycles. The Kier molecular flexibility index (Phi) is 5.83. The van der Waals surface area contributed by atoms with Gasteiger partial charge in [0.2, 0.25) is 0 Å². The Hall–Kier alpha value is -1.05. The third-order valence-corrected chi connectivity index (χ3v) is 2.54. The van der Waals surface area contributed by atoms with Gasteiger partial charge in [0.05, 0.1) is 12.5 Å². The van der Waals surface area contributed by atoms with E-state index in [-0.39, 0.29) is 11.9 Å². The SMILES string of the molecule is CCOC(=O)C1C/C=C/CCC/C=C/C1. The molecule has 0 spiro atoms. The summed E-state index contributed by atoms with van der Waals surface area (Å²) >= 11 is 0. The van der Waals surface area contributed by atoms with Crippen LogP contribution in [0.1, 0.15) is 39.0 Å². The number of rotatable bonds is 2.